The summed E-state index contributed by atoms with van der Waals surface area (Å²) in [6.07, 6.45) is 4.75. The van der Waals surface area contributed by atoms with E-state index in [0.29, 0.717) is 10.6 Å². The maximum atomic E-state index is 13.8. The van der Waals surface area contributed by atoms with E-state index in [9.17, 15) is 9.18 Å². The SMILES string of the molecule is CC(NC(=O)Cc1ccc(Cl)cc1F)c1ccc2c(c1)CCCC2. The first-order valence-corrected chi connectivity index (χ1v) is 8.76. The Morgan fingerprint density at radius 2 is 1.92 bits per heavy atom. The van der Waals surface area contributed by atoms with E-state index in [1.165, 1.54) is 30.0 Å². The lowest BCUT2D eigenvalue weighted by molar-refractivity contribution is -0.121. The van der Waals surface area contributed by atoms with Crippen molar-refractivity contribution in [2.75, 3.05) is 0 Å². The number of amides is 1. The van der Waals surface area contributed by atoms with Crippen LogP contribution in [-0.2, 0) is 24.1 Å². The van der Waals surface area contributed by atoms with Gasteiger partial charge in [0, 0.05) is 5.02 Å². The minimum Gasteiger partial charge on any atom is -0.349 e. The lowest BCUT2D eigenvalue weighted by Gasteiger charge is -2.20. The van der Waals surface area contributed by atoms with E-state index < -0.39 is 5.82 Å². The van der Waals surface area contributed by atoms with E-state index in [-0.39, 0.29) is 18.4 Å². The first-order chi connectivity index (χ1) is 11.5. The Balaban J connectivity index is 1.65. The highest BCUT2D eigenvalue weighted by Crippen LogP contribution is 2.25. The summed E-state index contributed by atoms with van der Waals surface area (Å²) >= 11 is 5.74. The fraction of sp³-hybridized carbons (Fsp3) is 0.350. The Morgan fingerprint density at radius 3 is 2.67 bits per heavy atom. The number of benzene rings is 2. The molecule has 1 aliphatic carbocycles. The van der Waals surface area contributed by atoms with Gasteiger partial charge in [-0.05, 0) is 67.0 Å². The van der Waals surface area contributed by atoms with Gasteiger partial charge in [-0.2, -0.15) is 0 Å². The van der Waals surface area contributed by atoms with Crippen LogP contribution in [-0.4, -0.2) is 5.91 Å². The van der Waals surface area contributed by atoms with Gasteiger partial charge < -0.3 is 5.32 Å². The highest BCUT2D eigenvalue weighted by atomic mass is 35.5. The molecule has 0 spiro atoms. The van der Waals surface area contributed by atoms with Crippen molar-refractivity contribution in [2.45, 2.75) is 45.1 Å². The number of hydrogen-bond donors (Lipinski definition) is 1. The average molecular weight is 346 g/mol. The summed E-state index contributed by atoms with van der Waals surface area (Å²) < 4.78 is 13.8. The van der Waals surface area contributed by atoms with E-state index >= 15 is 0 Å². The molecule has 2 aromatic rings. The van der Waals surface area contributed by atoms with Crippen molar-refractivity contribution in [3.63, 3.8) is 0 Å². The number of fused-ring (bicyclic) bond motifs is 1. The van der Waals surface area contributed by atoms with Gasteiger partial charge in [-0.15, -0.1) is 0 Å². The summed E-state index contributed by atoms with van der Waals surface area (Å²) in [7, 11) is 0. The van der Waals surface area contributed by atoms with Gasteiger partial charge in [0.15, 0.2) is 0 Å². The molecule has 0 saturated carbocycles. The van der Waals surface area contributed by atoms with E-state index in [1.807, 2.05) is 6.92 Å². The van der Waals surface area contributed by atoms with E-state index in [2.05, 4.69) is 23.5 Å². The van der Waals surface area contributed by atoms with Crippen molar-refractivity contribution in [2.24, 2.45) is 0 Å². The Labute approximate surface area is 147 Å². The second kappa shape index (κ2) is 7.35. The van der Waals surface area contributed by atoms with Crippen LogP contribution in [0.5, 0.6) is 0 Å². The third kappa shape index (κ3) is 3.96. The van der Waals surface area contributed by atoms with Crippen molar-refractivity contribution in [1.29, 1.82) is 0 Å². The molecule has 1 amide bonds. The van der Waals surface area contributed by atoms with Crippen LogP contribution in [0, 0.1) is 5.82 Å². The van der Waals surface area contributed by atoms with E-state index in [4.69, 9.17) is 11.6 Å². The molecule has 126 valence electrons. The molecule has 1 N–H and O–H groups in total. The molecular formula is C20H21ClFNO. The van der Waals surface area contributed by atoms with Crippen LogP contribution >= 0.6 is 11.6 Å². The number of hydrogen-bond acceptors (Lipinski definition) is 1. The normalized spacial score (nSPS) is 14.8. The first-order valence-electron chi connectivity index (χ1n) is 8.38. The molecule has 0 bridgehead atoms. The number of rotatable bonds is 4. The third-order valence-electron chi connectivity index (χ3n) is 4.62. The van der Waals surface area contributed by atoms with Crippen molar-refractivity contribution >= 4 is 17.5 Å². The molecule has 0 aromatic heterocycles. The third-order valence-corrected chi connectivity index (χ3v) is 4.85. The minimum absolute atomic E-state index is 0.0122. The maximum absolute atomic E-state index is 13.8. The second-order valence-corrected chi connectivity index (χ2v) is 6.87. The molecule has 0 saturated heterocycles. The summed E-state index contributed by atoms with van der Waals surface area (Å²) in [5.74, 6) is -0.638. The molecule has 2 aromatic carbocycles. The van der Waals surface area contributed by atoms with E-state index in [0.717, 1.165) is 18.4 Å². The highest BCUT2D eigenvalue weighted by molar-refractivity contribution is 6.30. The summed E-state index contributed by atoms with van der Waals surface area (Å²) in [5, 5.41) is 3.29. The Hall–Kier alpha value is -1.87. The second-order valence-electron chi connectivity index (χ2n) is 6.44. The number of aryl methyl sites for hydroxylation is 2. The van der Waals surface area contributed by atoms with E-state index in [1.54, 1.807) is 12.1 Å². The minimum atomic E-state index is -0.445. The molecule has 24 heavy (non-hydrogen) atoms. The van der Waals surface area contributed by atoms with Crippen molar-refractivity contribution in [3.8, 4) is 0 Å². The predicted molar refractivity (Wildman–Crippen MR) is 94.8 cm³/mol. The largest absolute Gasteiger partial charge is 0.349 e. The van der Waals surface area contributed by atoms with Gasteiger partial charge in [0.25, 0.3) is 0 Å². The van der Waals surface area contributed by atoms with Gasteiger partial charge >= 0.3 is 0 Å². The molecule has 0 aliphatic heterocycles. The van der Waals surface area contributed by atoms with Gasteiger partial charge in [0.2, 0.25) is 5.91 Å². The molecule has 0 fully saturated rings. The summed E-state index contributed by atoms with van der Waals surface area (Å²) in [6, 6.07) is 10.7. The highest BCUT2D eigenvalue weighted by Gasteiger charge is 2.15. The maximum Gasteiger partial charge on any atom is 0.225 e. The van der Waals surface area contributed by atoms with Gasteiger partial charge in [-0.3, -0.25) is 4.79 Å². The average Bonchev–Trinajstić information content (AvgIpc) is 2.57. The fourth-order valence-corrected chi connectivity index (χ4v) is 3.40. The molecule has 2 nitrogen and oxygen atoms in total. The molecule has 1 unspecified atom stereocenters. The zero-order valence-electron chi connectivity index (χ0n) is 13.7. The van der Waals surface area contributed by atoms with Crippen molar-refractivity contribution in [3.05, 3.63) is 69.5 Å². The van der Waals surface area contributed by atoms with Crippen LogP contribution in [0.15, 0.2) is 36.4 Å². The smallest absolute Gasteiger partial charge is 0.225 e. The molecule has 0 heterocycles. The van der Waals surface area contributed by atoms with Crippen LogP contribution in [0.3, 0.4) is 0 Å². The molecule has 3 rings (SSSR count). The zero-order valence-corrected chi connectivity index (χ0v) is 14.5. The predicted octanol–water partition coefficient (Wildman–Crippen LogP) is 4.78. The summed E-state index contributed by atoms with van der Waals surface area (Å²) in [5.41, 5.74) is 4.27. The first kappa shape index (κ1) is 17.0. The Morgan fingerprint density at radius 1 is 1.17 bits per heavy atom. The molecule has 4 heteroatoms. The van der Waals surface area contributed by atoms with Crippen molar-refractivity contribution in [1.82, 2.24) is 5.32 Å². The number of nitrogens with one attached hydrogen (secondary N) is 1. The molecule has 1 aliphatic rings. The van der Waals surface area contributed by atoms with Crippen LogP contribution in [0.4, 0.5) is 4.39 Å². The Bertz CT molecular complexity index is 759. The number of carbonyl (C=O) groups is 1. The summed E-state index contributed by atoms with van der Waals surface area (Å²) in [6.45, 7) is 1.96. The molecular weight excluding hydrogens is 325 g/mol. The van der Waals surface area contributed by atoms with Gasteiger partial charge in [-0.25, -0.2) is 4.39 Å². The number of carbonyl (C=O) groups excluding carboxylic acids is 1. The molecule has 1 atom stereocenters. The standard InChI is InChI=1S/C20H21ClFNO/c1-13(15-7-6-14-4-2-3-5-16(14)10-15)23-20(24)11-17-8-9-18(21)12-19(17)22/h6-10,12-13H,2-5,11H2,1H3,(H,23,24). The van der Waals surface area contributed by atoms with Crippen LogP contribution in [0.2, 0.25) is 5.02 Å². The quantitative estimate of drug-likeness (QED) is 0.849. The van der Waals surface area contributed by atoms with Gasteiger partial charge in [0.1, 0.15) is 5.82 Å². The Kier molecular flexibility index (Phi) is 5.20. The van der Waals surface area contributed by atoms with Gasteiger partial charge in [-0.1, -0.05) is 35.9 Å². The van der Waals surface area contributed by atoms with Crippen LogP contribution in [0.25, 0.3) is 0 Å². The number of halogens is 2. The summed E-state index contributed by atoms with van der Waals surface area (Å²) in [4.78, 5) is 12.2. The van der Waals surface area contributed by atoms with Crippen molar-refractivity contribution < 1.29 is 9.18 Å². The topological polar surface area (TPSA) is 29.1 Å². The lowest BCUT2D eigenvalue weighted by Crippen LogP contribution is -2.28. The zero-order chi connectivity index (χ0) is 17.1. The molecule has 0 radical (unpaired) electrons. The van der Waals surface area contributed by atoms with Crippen LogP contribution in [0.1, 0.15) is 48.1 Å². The van der Waals surface area contributed by atoms with Crippen LogP contribution < -0.4 is 5.32 Å². The van der Waals surface area contributed by atoms with Gasteiger partial charge in [0.05, 0.1) is 12.5 Å². The fourth-order valence-electron chi connectivity index (χ4n) is 3.24. The lowest BCUT2D eigenvalue weighted by atomic mass is 9.89. The monoisotopic (exact) mass is 345 g/mol.